The number of benzene rings is 1. The van der Waals surface area contributed by atoms with Crippen LogP contribution in [0.3, 0.4) is 0 Å². The normalized spacial score (nSPS) is 14.7. The van der Waals surface area contributed by atoms with Gasteiger partial charge in [0.1, 0.15) is 0 Å². The standard InChI is InChI=1S/C21H21ClN2O4S/c22-18-8-6-17(29-18)7-9-20(26)28-14-19(25)24-12-10-15(11-13-24)21(27)23-16-4-2-1-3-5-16/h1-9,15H,10-14H2,(H,23,27). The smallest absolute Gasteiger partial charge is 0.331 e. The molecule has 152 valence electrons. The first-order valence-corrected chi connectivity index (χ1v) is 10.4. The van der Waals surface area contributed by atoms with Gasteiger partial charge in [-0.2, -0.15) is 0 Å². The fourth-order valence-electron chi connectivity index (χ4n) is 3.00. The van der Waals surface area contributed by atoms with Crippen LogP contribution in [0.2, 0.25) is 4.34 Å². The summed E-state index contributed by atoms with van der Waals surface area (Å²) in [6.45, 7) is 0.620. The van der Waals surface area contributed by atoms with E-state index in [9.17, 15) is 14.4 Å². The van der Waals surface area contributed by atoms with Gasteiger partial charge in [0, 0.05) is 35.6 Å². The summed E-state index contributed by atoms with van der Waals surface area (Å²) in [5, 5.41) is 2.90. The Morgan fingerprint density at radius 3 is 2.52 bits per heavy atom. The highest BCUT2D eigenvalue weighted by molar-refractivity contribution is 7.17. The number of anilines is 1. The first-order chi connectivity index (χ1) is 14.0. The molecule has 1 aliphatic rings. The zero-order chi connectivity index (χ0) is 20.6. The van der Waals surface area contributed by atoms with Gasteiger partial charge in [-0.15, -0.1) is 11.3 Å². The van der Waals surface area contributed by atoms with Crippen LogP contribution in [-0.2, 0) is 19.1 Å². The van der Waals surface area contributed by atoms with Crippen molar-refractivity contribution >= 4 is 52.5 Å². The molecular weight excluding hydrogens is 412 g/mol. The minimum atomic E-state index is -0.583. The van der Waals surface area contributed by atoms with E-state index in [-0.39, 0.29) is 24.3 Å². The van der Waals surface area contributed by atoms with Gasteiger partial charge in [-0.1, -0.05) is 29.8 Å². The largest absolute Gasteiger partial charge is 0.452 e. The van der Waals surface area contributed by atoms with E-state index in [2.05, 4.69) is 5.32 Å². The second kappa shape index (κ2) is 10.2. The van der Waals surface area contributed by atoms with Gasteiger partial charge in [-0.05, 0) is 43.2 Å². The number of carbonyl (C=O) groups excluding carboxylic acids is 3. The molecule has 8 heteroatoms. The molecule has 2 amide bonds. The van der Waals surface area contributed by atoms with Crippen molar-refractivity contribution < 1.29 is 19.1 Å². The second-order valence-electron chi connectivity index (χ2n) is 6.59. The number of nitrogens with one attached hydrogen (secondary N) is 1. The van der Waals surface area contributed by atoms with Crippen molar-refractivity contribution in [3.05, 3.63) is 57.8 Å². The molecule has 1 aliphatic heterocycles. The van der Waals surface area contributed by atoms with Crippen molar-refractivity contribution in [3.63, 3.8) is 0 Å². The molecule has 2 aromatic rings. The molecule has 0 spiro atoms. The monoisotopic (exact) mass is 432 g/mol. The number of ether oxygens (including phenoxy) is 1. The third-order valence-corrected chi connectivity index (χ3v) is 5.77. The number of piperidine rings is 1. The van der Waals surface area contributed by atoms with Crippen molar-refractivity contribution in [3.8, 4) is 0 Å². The predicted octanol–water partition coefficient (Wildman–Crippen LogP) is 3.84. The highest BCUT2D eigenvalue weighted by atomic mass is 35.5. The molecule has 1 aromatic carbocycles. The highest BCUT2D eigenvalue weighted by Crippen LogP contribution is 2.22. The van der Waals surface area contributed by atoms with E-state index in [1.54, 1.807) is 23.1 Å². The van der Waals surface area contributed by atoms with Gasteiger partial charge in [0.05, 0.1) is 4.34 Å². The van der Waals surface area contributed by atoms with Crippen molar-refractivity contribution in [2.45, 2.75) is 12.8 Å². The maximum Gasteiger partial charge on any atom is 0.331 e. The fraction of sp³-hybridized carbons (Fsp3) is 0.286. The van der Waals surface area contributed by atoms with Crippen LogP contribution in [0.25, 0.3) is 6.08 Å². The van der Waals surface area contributed by atoms with Crippen LogP contribution in [0.4, 0.5) is 5.69 Å². The third kappa shape index (κ3) is 6.44. The molecule has 1 saturated heterocycles. The van der Waals surface area contributed by atoms with E-state index >= 15 is 0 Å². The fourth-order valence-corrected chi connectivity index (χ4v) is 3.96. The summed E-state index contributed by atoms with van der Waals surface area (Å²) in [5.41, 5.74) is 0.765. The molecule has 0 saturated carbocycles. The molecule has 29 heavy (non-hydrogen) atoms. The quantitative estimate of drug-likeness (QED) is 0.556. The van der Waals surface area contributed by atoms with Crippen LogP contribution >= 0.6 is 22.9 Å². The Kier molecular flexibility index (Phi) is 7.43. The molecule has 0 bridgehead atoms. The number of carbonyl (C=O) groups is 3. The van der Waals surface area contributed by atoms with Crippen molar-refractivity contribution in [2.24, 2.45) is 5.92 Å². The SMILES string of the molecule is O=C(C=Cc1ccc(Cl)s1)OCC(=O)N1CCC(C(=O)Nc2ccccc2)CC1. The number of likely N-dealkylation sites (tertiary alicyclic amines) is 1. The Bertz CT molecular complexity index is 889. The number of hydrogen-bond acceptors (Lipinski definition) is 5. The molecule has 2 heterocycles. The lowest BCUT2D eigenvalue weighted by Crippen LogP contribution is -2.43. The van der Waals surface area contributed by atoms with Crippen LogP contribution in [0.1, 0.15) is 17.7 Å². The average Bonchev–Trinajstić information content (AvgIpc) is 3.16. The van der Waals surface area contributed by atoms with Gasteiger partial charge >= 0.3 is 5.97 Å². The van der Waals surface area contributed by atoms with E-state index in [1.807, 2.05) is 30.3 Å². The molecular formula is C21H21ClN2O4S. The lowest BCUT2D eigenvalue weighted by molar-refractivity contribution is -0.149. The Balaban J connectivity index is 1.38. The van der Waals surface area contributed by atoms with Gasteiger partial charge in [-0.3, -0.25) is 9.59 Å². The summed E-state index contributed by atoms with van der Waals surface area (Å²) >= 11 is 7.17. The van der Waals surface area contributed by atoms with Gasteiger partial charge in [-0.25, -0.2) is 4.79 Å². The van der Waals surface area contributed by atoms with Gasteiger partial charge < -0.3 is 15.0 Å². The van der Waals surface area contributed by atoms with E-state index in [4.69, 9.17) is 16.3 Å². The van der Waals surface area contributed by atoms with Crippen molar-refractivity contribution in [2.75, 3.05) is 25.0 Å². The maximum atomic E-state index is 12.4. The van der Waals surface area contributed by atoms with Gasteiger partial charge in [0.25, 0.3) is 5.91 Å². The first kappa shape index (κ1) is 21.1. The average molecular weight is 433 g/mol. The molecule has 0 aliphatic carbocycles. The molecule has 6 nitrogen and oxygen atoms in total. The van der Waals surface area contributed by atoms with Gasteiger partial charge in [0.15, 0.2) is 6.61 Å². The summed E-state index contributed by atoms with van der Waals surface area (Å²) in [6.07, 6.45) is 4.03. The van der Waals surface area contributed by atoms with E-state index < -0.39 is 5.97 Å². The number of halogens is 1. The lowest BCUT2D eigenvalue weighted by atomic mass is 9.95. The maximum absolute atomic E-state index is 12.4. The van der Waals surface area contributed by atoms with E-state index in [0.29, 0.717) is 30.3 Å². The molecule has 1 aromatic heterocycles. The first-order valence-electron chi connectivity index (χ1n) is 9.25. The highest BCUT2D eigenvalue weighted by Gasteiger charge is 2.27. The number of thiophene rings is 1. The number of nitrogens with zero attached hydrogens (tertiary/aromatic N) is 1. The number of hydrogen-bond donors (Lipinski definition) is 1. The summed E-state index contributed by atoms with van der Waals surface area (Å²) < 4.78 is 5.65. The Morgan fingerprint density at radius 2 is 1.86 bits per heavy atom. The summed E-state index contributed by atoms with van der Waals surface area (Å²) in [6, 6.07) is 12.8. The predicted molar refractivity (Wildman–Crippen MR) is 114 cm³/mol. The number of rotatable bonds is 6. The molecule has 3 rings (SSSR count). The molecule has 1 fully saturated rings. The third-order valence-electron chi connectivity index (χ3n) is 4.58. The zero-order valence-corrected chi connectivity index (χ0v) is 17.2. The molecule has 0 radical (unpaired) electrons. The van der Waals surface area contributed by atoms with E-state index in [1.165, 1.54) is 17.4 Å². The van der Waals surface area contributed by atoms with Crippen molar-refractivity contribution in [1.82, 2.24) is 4.90 Å². The zero-order valence-electron chi connectivity index (χ0n) is 15.7. The van der Waals surface area contributed by atoms with Crippen LogP contribution in [0.5, 0.6) is 0 Å². The number of esters is 1. The Hall–Kier alpha value is -2.64. The van der Waals surface area contributed by atoms with Crippen LogP contribution in [0, 0.1) is 5.92 Å². The molecule has 0 unspecified atom stereocenters. The summed E-state index contributed by atoms with van der Waals surface area (Å²) in [4.78, 5) is 38.8. The Labute approximate surface area is 178 Å². The lowest BCUT2D eigenvalue weighted by Gasteiger charge is -2.31. The summed E-state index contributed by atoms with van der Waals surface area (Å²) in [5.74, 6) is -1.01. The molecule has 1 N–H and O–H groups in total. The van der Waals surface area contributed by atoms with Crippen molar-refractivity contribution in [1.29, 1.82) is 0 Å². The van der Waals surface area contributed by atoms with Crippen LogP contribution in [0.15, 0.2) is 48.5 Å². The van der Waals surface area contributed by atoms with E-state index in [0.717, 1.165) is 10.6 Å². The number of amides is 2. The minimum absolute atomic E-state index is 0.0338. The summed E-state index contributed by atoms with van der Waals surface area (Å²) in [7, 11) is 0. The van der Waals surface area contributed by atoms with Gasteiger partial charge in [0.2, 0.25) is 5.91 Å². The van der Waals surface area contributed by atoms with Crippen LogP contribution < -0.4 is 5.32 Å². The molecule has 0 atom stereocenters. The minimum Gasteiger partial charge on any atom is -0.452 e. The number of para-hydroxylation sites is 1. The Morgan fingerprint density at radius 1 is 1.14 bits per heavy atom. The second-order valence-corrected chi connectivity index (χ2v) is 8.34. The van der Waals surface area contributed by atoms with Crippen LogP contribution in [-0.4, -0.2) is 42.4 Å². The topological polar surface area (TPSA) is 75.7 Å².